The highest BCUT2D eigenvalue weighted by Gasteiger charge is 2.29. The monoisotopic (exact) mass is 625 g/mol. The third-order valence-electron chi connectivity index (χ3n) is 7.54. The van der Waals surface area contributed by atoms with Crippen LogP contribution in [0.15, 0.2) is 54.6 Å². The number of amides is 3. The number of nitrogens with one attached hydrogen (secondary N) is 1. The second-order valence-corrected chi connectivity index (χ2v) is 10.7. The van der Waals surface area contributed by atoms with Gasteiger partial charge in [0.05, 0.1) is 21.7 Å². The molecule has 238 valence electrons. The molecule has 3 aromatic carbocycles. The molecule has 0 radical (unpaired) electrons. The maximum Gasteiger partial charge on any atom is 0.335 e. The lowest BCUT2D eigenvalue weighted by atomic mass is 10.0. The molecule has 0 aromatic heterocycles. The van der Waals surface area contributed by atoms with Crippen molar-refractivity contribution in [2.24, 2.45) is 5.73 Å². The Morgan fingerprint density at radius 1 is 1.09 bits per heavy atom. The van der Waals surface area contributed by atoms with Crippen molar-refractivity contribution in [3.8, 4) is 11.5 Å². The van der Waals surface area contributed by atoms with E-state index in [0.29, 0.717) is 50.8 Å². The summed E-state index contributed by atoms with van der Waals surface area (Å²) >= 11 is 0. The summed E-state index contributed by atoms with van der Waals surface area (Å²) in [6.45, 7) is 4.40. The van der Waals surface area contributed by atoms with Crippen molar-refractivity contribution in [2.75, 3.05) is 25.0 Å². The lowest BCUT2D eigenvalue weighted by molar-refractivity contribution is -0.385. The molecule has 0 atom stereocenters. The molecule has 0 aliphatic carbocycles. The standard InChI is InChI=1S/C31H33F2N5O7/c1-2-3-12-37(31(42)35-26-16-23(29(34)39)24(32)17-25(26)33)21-10-13-36(14-11-21)18-19-4-7-22(8-5-19)45-28-9-6-20(30(40)41)15-27(28)38(43)44/h4-9,15-17,21H,2-3,10-14,18H2,1H3,(H2,34,39)(H,35,42)(H,40,41). The van der Waals surface area contributed by atoms with Gasteiger partial charge in [-0.15, -0.1) is 0 Å². The molecular weight excluding hydrogens is 592 g/mol. The molecule has 45 heavy (non-hydrogen) atoms. The third-order valence-corrected chi connectivity index (χ3v) is 7.54. The Labute approximate surface area is 257 Å². The van der Waals surface area contributed by atoms with Gasteiger partial charge in [0.1, 0.15) is 17.4 Å². The highest BCUT2D eigenvalue weighted by atomic mass is 19.1. The molecule has 1 saturated heterocycles. The topological polar surface area (TPSA) is 168 Å². The van der Waals surface area contributed by atoms with Crippen LogP contribution in [0.5, 0.6) is 11.5 Å². The van der Waals surface area contributed by atoms with E-state index in [9.17, 15) is 33.3 Å². The van der Waals surface area contributed by atoms with E-state index in [1.54, 1.807) is 17.0 Å². The number of carboxylic acids is 1. The number of hydrogen-bond donors (Lipinski definition) is 3. The SMILES string of the molecule is CCCCN(C(=O)Nc1cc(C(N)=O)c(F)cc1F)C1CCN(Cc2ccc(Oc3ccc(C(=O)O)cc3[N+](=O)[O-])cc2)CC1. The zero-order valence-corrected chi connectivity index (χ0v) is 24.5. The first-order valence-electron chi connectivity index (χ1n) is 14.3. The number of ether oxygens (including phenoxy) is 1. The number of nitro groups is 1. The van der Waals surface area contributed by atoms with Crippen LogP contribution in [0.4, 0.5) is 25.0 Å². The number of unbranched alkanes of at least 4 members (excludes halogenated alkanes) is 1. The highest BCUT2D eigenvalue weighted by Crippen LogP contribution is 2.32. The van der Waals surface area contributed by atoms with Crippen molar-refractivity contribution in [2.45, 2.75) is 45.2 Å². The molecule has 12 nitrogen and oxygen atoms in total. The van der Waals surface area contributed by atoms with Crippen LogP contribution in [0.2, 0.25) is 0 Å². The van der Waals surface area contributed by atoms with Gasteiger partial charge in [-0.25, -0.2) is 18.4 Å². The molecule has 3 amide bonds. The van der Waals surface area contributed by atoms with Gasteiger partial charge in [0.2, 0.25) is 5.75 Å². The summed E-state index contributed by atoms with van der Waals surface area (Å²) in [5.74, 6) is -4.20. The second kappa shape index (κ2) is 14.6. The smallest absolute Gasteiger partial charge is 0.335 e. The molecule has 0 unspecified atom stereocenters. The Morgan fingerprint density at radius 3 is 2.38 bits per heavy atom. The fourth-order valence-corrected chi connectivity index (χ4v) is 5.12. The van der Waals surface area contributed by atoms with E-state index in [-0.39, 0.29) is 23.0 Å². The Kier molecular flexibility index (Phi) is 10.6. The highest BCUT2D eigenvalue weighted by molar-refractivity contribution is 5.96. The Hall–Kier alpha value is -5.11. The fourth-order valence-electron chi connectivity index (χ4n) is 5.12. The lowest BCUT2D eigenvalue weighted by Gasteiger charge is -2.38. The molecule has 1 fully saturated rings. The number of nitro benzene ring substituents is 1. The van der Waals surface area contributed by atoms with E-state index in [4.69, 9.17) is 15.6 Å². The maximum atomic E-state index is 14.4. The Bertz CT molecular complexity index is 1580. The number of carbonyl (C=O) groups excluding carboxylic acids is 2. The number of primary amides is 1. The number of rotatable bonds is 12. The van der Waals surface area contributed by atoms with Crippen molar-refractivity contribution in [3.05, 3.63) is 93.0 Å². The first-order valence-corrected chi connectivity index (χ1v) is 14.3. The Morgan fingerprint density at radius 2 is 1.78 bits per heavy atom. The first kappa shape index (κ1) is 32.8. The van der Waals surface area contributed by atoms with Gasteiger partial charge in [0.25, 0.3) is 5.91 Å². The zero-order valence-electron chi connectivity index (χ0n) is 24.5. The molecule has 0 spiro atoms. The number of carboxylic acid groups (broad SMARTS) is 1. The molecule has 1 heterocycles. The van der Waals surface area contributed by atoms with E-state index < -0.39 is 45.7 Å². The predicted molar refractivity (Wildman–Crippen MR) is 160 cm³/mol. The number of urea groups is 1. The minimum absolute atomic E-state index is 0.0769. The summed E-state index contributed by atoms with van der Waals surface area (Å²) in [5.41, 5.74) is 4.61. The summed E-state index contributed by atoms with van der Waals surface area (Å²) in [6.07, 6.45) is 2.88. The molecule has 14 heteroatoms. The molecule has 3 aromatic rings. The number of nitrogens with two attached hydrogens (primary N) is 1. The van der Waals surface area contributed by atoms with Crippen molar-refractivity contribution in [3.63, 3.8) is 0 Å². The van der Waals surface area contributed by atoms with Crippen LogP contribution in [0, 0.1) is 21.7 Å². The van der Waals surface area contributed by atoms with E-state index in [1.165, 1.54) is 12.1 Å². The maximum absolute atomic E-state index is 14.4. The fraction of sp³-hybridized carbons (Fsp3) is 0.323. The van der Waals surface area contributed by atoms with Crippen LogP contribution in [0.1, 0.15) is 58.9 Å². The van der Waals surface area contributed by atoms with Gasteiger partial charge < -0.3 is 25.8 Å². The quantitative estimate of drug-likeness (QED) is 0.169. The average molecular weight is 626 g/mol. The number of anilines is 1. The number of nitrogens with zero attached hydrogens (tertiary/aromatic N) is 3. The molecule has 4 rings (SSSR count). The van der Waals surface area contributed by atoms with Crippen LogP contribution < -0.4 is 15.8 Å². The number of piperidine rings is 1. The number of carbonyl (C=O) groups is 3. The van der Waals surface area contributed by atoms with Gasteiger partial charge in [-0.3, -0.25) is 19.8 Å². The van der Waals surface area contributed by atoms with Crippen LogP contribution in [0.25, 0.3) is 0 Å². The van der Waals surface area contributed by atoms with Gasteiger partial charge in [-0.1, -0.05) is 25.5 Å². The summed E-state index contributed by atoms with van der Waals surface area (Å²) in [4.78, 5) is 50.5. The zero-order chi connectivity index (χ0) is 32.7. The van der Waals surface area contributed by atoms with Crippen LogP contribution in [-0.4, -0.2) is 63.4 Å². The number of aromatic carboxylic acids is 1. The van der Waals surface area contributed by atoms with E-state index >= 15 is 0 Å². The number of hydrogen-bond acceptors (Lipinski definition) is 7. The van der Waals surface area contributed by atoms with Gasteiger partial charge in [-0.2, -0.15) is 0 Å². The first-order chi connectivity index (χ1) is 21.5. The summed E-state index contributed by atoms with van der Waals surface area (Å²) < 4.78 is 34.0. The van der Waals surface area contributed by atoms with Gasteiger partial charge in [0, 0.05) is 44.4 Å². The van der Waals surface area contributed by atoms with Gasteiger partial charge >= 0.3 is 17.7 Å². The van der Waals surface area contributed by atoms with Gasteiger partial charge in [0.15, 0.2) is 0 Å². The largest absolute Gasteiger partial charge is 0.478 e. The van der Waals surface area contributed by atoms with Gasteiger partial charge in [-0.05, 0) is 55.2 Å². The molecule has 0 bridgehead atoms. The van der Waals surface area contributed by atoms with Crippen LogP contribution in [-0.2, 0) is 6.54 Å². The molecular formula is C31H33F2N5O7. The minimum Gasteiger partial charge on any atom is -0.478 e. The Balaban J connectivity index is 1.36. The van der Waals surface area contributed by atoms with Crippen LogP contribution >= 0.6 is 0 Å². The summed E-state index contributed by atoms with van der Waals surface area (Å²) in [5, 5.41) is 23.0. The normalized spacial score (nSPS) is 13.7. The molecule has 1 aliphatic heterocycles. The lowest BCUT2D eigenvalue weighted by Crippen LogP contribution is -2.49. The molecule has 4 N–H and O–H groups in total. The average Bonchev–Trinajstić information content (AvgIpc) is 3.00. The molecule has 0 saturated carbocycles. The number of benzene rings is 3. The summed E-state index contributed by atoms with van der Waals surface area (Å²) in [6, 6.07) is 11.2. The minimum atomic E-state index is -1.28. The van der Waals surface area contributed by atoms with Crippen molar-refractivity contribution in [1.82, 2.24) is 9.80 Å². The number of halogens is 2. The van der Waals surface area contributed by atoms with E-state index in [2.05, 4.69) is 10.2 Å². The van der Waals surface area contributed by atoms with E-state index in [0.717, 1.165) is 30.5 Å². The van der Waals surface area contributed by atoms with Crippen molar-refractivity contribution >= 4 is 29.3 Å². The summed E-state index contributed by atoms with van der Waals surface area (Å²) in [7, 11) is 0. The predicted octanol–water partition coefficient (Wildman–Crippen LogP) is 5.76. The van der Waals surface area contributed by atoms with Crippen molar-refractivity contribution in [1.29, 1.82) is 0 Å². The third kappa shape index (κ3) is 8.29. The molecule has 1 aliphatic rings. The van der Waals surface area contributed by atoms with Crippen LogP contribution in [0.3, 0.4) is 0 Å². The second-order valence-electron chi connectivity index (χ2n) is 10.7. The number of likely N-dealkylation sites (tertiary alicyclic amines) is 1. The van der Waals surface area contributed by atoms with Crippen molar-refractivity contribution < 1.29 is 37.9 Å². The van der Waals surface area contributed by atoms with E-state index in [1.807, 2.05) is 19.1 Å².